The van der Waals surface area contributed by atoms with Crippen molar-refractivity contribution in [1.82, 2.24) is 0 Å². The molecule has 84 valence electrons. The summed E-state index contributed by atoms with van der Waals surface area (Å²) in [6.07, 6.45) is 1.02. The highest BCUT2D eigenvalue weighted by molar-refractivity contribution is 7.99. The third-order valence-electron chi connectivity index (χ3n) is 1.70. The van der Waals surface area contributed by atoms with Crippen molar-refractivity contribution >= 4 is 27.5 Å². The lowest BCUT2D eigenvalue weighted by Crippen LogP contribution is -2.12. The lowest BCUT2D eigenvalue weighted by molar-refractivity contribution is 0.597. The van der Waals surface area contributed by atoms with E-state index in [0.29, 0.717) is 5.69 Å². The number of nitrogen functional groups attached to an aromatic ring is 1. The molecule has 0 aliphatic carbocycles. The smallest absolute Gasteiger partial charge is 0.238 e. The Balaban J connectivity index is 3.06. The van der Waals surface area contributed by atoms with Crippen molar-refractivity contribution in [3.8, 4) is 0 Å². The van der Waals surface area contributed by atoms with Gasteiger partial charge in [0.05, 0.1) is 4.90 Å². The van der Waals surface area contributed by atoms with E-state index in [0.717, 1.165) is 17.1 Å². The van der Waals surface area contributed by atoms with Crippen molar-refractivity contribution in [3.63, 3.8) is 0 Å². The number of benzene rings is 1. The van der Waals surface area contributed by atoms with Gasteiger partial charge in [0.1, 0.15) is 0 Å². The summed E-state index contributed by atoms with van der Waals surface area (Å²) in [7, 11) is -3.67. The molecule has 1 aromatic carbocycles. The third kappa shape index (κ3) is 3.73. The van der Waals surface area contributed by atoms with E-state index >= 15 is 0 Å². The first-order valence-electron chi connectivity index (χ1n) is 4.49. The molecule has 15 heavy (non-hydrogen) atoms. The minimum Gasteiger partial charge on any atom is -0.399 e. The number of hydrogen-bond donors (Lipinski definition) is 2. The Morgan fingerprint density at radius 2 is 2.00 bits per heavy atom. The van der Waals surface area contributed by atoms with Gasteiger partial charge in [-0.05, 0) is 30.4 Å². The fourth-order valence-electron chi connectivity index (χ4n) is 1.06. The Morgan fingerprint density at radius 1 is 1.33 bits per heavy atom. The zero-order chi connectivity index (χ0) is 11.5. The average molecular weight is 246 g/mol. The molecule has 0 aliphatic rings. The van der Waals surface area contributed by atoms with Gasteiger partial charge in [0.2, 0.25) is 10.0 Å². The first kappa shape index (κ1) is 12.4. The summed E-state index contributed by atoms with van der Waals surface area (Å²) in [6, 6.07) is 4.66. The van der Waals surface area contributed by atoms with Gasteiger partial charge in [0.15, 0.2) is 0 Å². The number of anilines is 1. The van der Waals surface area contributed by atoms with E-state index in [9.17, 15) is 8.42 Å². The second-order valence-electron chi connectivity index (χ2n) is 3.13. The molecule has 0 fully saturated rings. The van der Waals surface area contributed by atoms with Gasteiger partial charge < -0.3 is 5.73 Å². The molecule has 1 rings (SSSR count). The Kier molecular flexibility index (Phi) is 4.01. The Bertz CT molecular complexity index is 443. The normalized spacial score (nSPS) is 11.6. The van der Waals surface area contributed by atoms with Gasteiger partial charge in [-0.1, -0.05) is 6.92 Å². The molecule has 1 aromatic rings. The third-order valence-corrected chi connectivity index (χ3v) is 3.78. The number of hydrogen-bond acceptors (Lipinski definition) is 4. The number of thioether (sulfide) groups is 1. The fraction of sp³-hybridized carbons (Fsp3) is 0.333. The average Bonchev–Trinajstić information content (AvgIpc) is 2.12. The molecule has 0 heterocycles. The molecule has 0 atom stereocenters. The van der Waals surface area contributed by atoms with Crippen molar-refractivity contribution in [3.05, 3.63) is 18.2 Å². The molecule has 0 amide bonds. The second kappa shape index (κ2) is 4.87. The maximum atomic E-state index is 11.1. The predicted molar refractivity (Wildman–Crippen MR) is 63.2 cm³/mol. The largest absolute Gasteiger partial charge is 0.399 e. The molecular weight excluding hydrogens is 232 g/mol. The van der Waals surface area contributed by atoms with E-state index in [1.54, 1.807) is 23.9 Å². The Labute approximate surface area is 94.1 Å². The lowest BCUT2D eigenvalue weighted by Gasteiger charge is -2.05. The second-order valence-corrected chi connectivity index (χ2v) is 5.86. The van der Waals surface area contributed by atoms with Crippen LogP contribution in [0.3, 0.4) is 0 Å². The van der Waals surface area contributed by atoms with Crippen LogP contribution in [0.15, 0.2) is 28.0 Å². The van der Waals surface area contributed by atoms with Gasteiger partial charge in [-0.2, -0.15) is 0 Å². The molecule has 0 unspecified atom stereocenters. The van der Waals surface area contributed by atoms with Gasteiger partial charge in [0.25, 0.3) is 0 Å². The molecule has 0 radical (unpaired) electrons. The van der Waals surface area contributed by atoms with Crippen molar-refractivity contribution in [1.29, 1.82) is 0 Å². The molecule has 6 heteroatoms. The summed E-state index contributed by atoms with van der Waals surface area (Å²) in [6.45, 7) is 2.06. The van der Waals surface area contributed by atoms with Gasteiger partial charge in [-0.3, -0.25) is 0 Å². The lowest BCUT2D eigenvalue weighted by atomic mass is 10.3. The van der Waals surface area contributed by atoms with E-state index in [1.165, 1.54) is 6.07 Å². The van der Waals surface area contributed by atoms with E-state index in [2.05, 4.69) is 6.92 Å². The number of primary sulfonamides is 1. The molecule has 4 N–H and O–H groups in total. The molecule has 0 aliphatic heterocycles. The topological polar surface area (TPSA) is 86.2 Å². The van der Waals surface area contributed by atoms with Gasteiger partial charge >= 0.3 is 0 Å². The molecule has 4 nitrogen and oxygen atoms in total. The standard InChI is InChI=1S/C9H14N2O2S2/c1-2-3-14-8-4-7(10)5-9(6-8)15(11,12)13/h4-6H,2-3,10H2,1H3,(H2,11,12,13). The van der Waals surface area contributed by atoms with Crippen molar-refractivity contribution < 1.29 is 8.42 Å². The highest BCUT2D eigenvalue weighted by atomic mass is 32.2. The summed E-state index contributed by atoms with van der Waals surface area (Å²) in [5.74, 6) is 0.924. The number of rotatable bonds is 4. The van der Waals surface area contributed by atoms with Gasteiger partial charge in [-0.25, -0.2) is 13.6 Å². The minimum absolute atomic E-state index is 0.0705. The first-order valence-corrected chi connectivity index (χ1v) is 7.03. The SMILES string of the molecule is CCCSc1cc(N)cc(S(N)(=O)=O)c1. The maximum Gasteiger partial charge on any atom is 0.238 e. The van der Waals surface area contributed by atoms with Crippen LogP contribution in [0.5, 0.6) is 0 Å². The van der Waals surface area contributed by atoms with Crippen LogP contribution in [0.2, 0.25) is 0 Å². The van der Waals surface area contributed by atoms with Crippen LogP contribution in [-0.4, -0.2) is 14.2 Å². The van der Waals surface area contributed by atoms with Crippen LogP contribution in [0.25, 0.3) is 0 Å². The van der Waals surface area contributed by atoms with Crippen LogP contribution in [0.4, 0.5) is 5.69 Å². The quantitative estimate of drug-likeness (QED) is 0.621. The highest BCUT2D eigenvalue weighted by Gasteiger charge is 2.09. The van der Waals surface area contributed by atoms with Crippen LogP contribution < -0.4 is 10.9 Å². The van der Waals surface area contributed by atoms with Gasteiger partial charge in [-0.15, -0.1) is 11.8 Å². The maximum absolute atomic E-state index is 11.1. The van der Waals surface area contributed by atoms with E-state index < -0.39 is 10.0 Å². The van der Waals surface area contributed by atoms with E-state index in [1.807, 2.05) is 0 Å². The van der Waals surface area contributed by atoms with E-state index in [4.69, 9.17) is 10.9 Å². The highest BCUT2D eigenvalue weighted by Crippen LogP contribution is 2.24. The summed E-state index contributed by atoms with van der Waals surface area (Å²) < 4.78 is 22.2. The van der Waals surface area contributed by atoms with Crippen molar-refractivity contribution in [2.24, 2.45) is 5.14 Å². The molecule has 0 saturated carbocycles. The summed E-state index contributed by atoms with van der Waals surface area (Å²) in [5, 5.41) is 5.03. The number of sulfonamides is 1. The van der Waals surface area contributed by atoms with Crippen LogP contribution >= 0.6 is 11.8 Å². The summed E-state index contributed by atoms with van der Waals surface area (Å²) >= 11 is 1.56. The van der Waals surface area contributed by atoms with Crippen LogP contribution in [0.1, 0.15) is 13.3 Å². The number of nitrogens with two attached hydrogens (primary N) is 2. The Hall–Kier alpha value is -0.720. The van der Waals surface area contributed by atoms with Crippen molar-refractivity contribution in [2.75, 3.05) is 11.5 Å². The van der Waals surface area contributed by atoms with Crippen molar-refractivity contribution in [2.45, 2.75) is 23.1 Å². The Morgan fingerprint density at radius 3 is 2.53 bits per heavy atom. The molecule has 0 saturated heterocycles. The summed E-state index contributed by atoms with van der Waals surface area (Å²) in [5.41, 5.74) is 6.01. The molecule has 0 spiro atoms. The zero-order valence-corrected chi connectivity index (χ0v) is 10.1. The molecular formula is C9H14N2O2S2. The zero-order valence-electron chi connectivity index (χ0n) is 8.43. The van der Waals surface area contributed by atoms with E-state index in [-0.39, 0.29) is 4.90 Å². The summed E-state index contributed by atoms with van der Waals surface area (Å²) in [4.78, 5) is 0.905. The molecule has 0 bridgehead atoms. The first-order chi connectivity index (χ1) is 6.93. The molecule has 0 aromatic heterocycles. The van der Waals surface area contributed by atoms with Crippen LogP contribution in [-0.2, 0) is 10.0 Å². The monoisotopic (exact) mass is 246 g/mol. The van der Waals surface area contributed by atoms with Crippen LogP contribution in [0, 0.1) is 0 Å². The fourth-order valence-corrected chi connectivity index (χ4v) is 2.60. The predicted octanol–water partition coefficient (Wildman–Crippen LogP) is 1.42. The van der Waals surface area contributed by atoms with Gasteiger partial charge in [0, 0.05) is 10.6 Å². The minimum atomic E-state index is -3.67.